The third-order valence-corrected chi connectivity index (χ3v) is 4.22. The molecule has 3 N–H and O–H groups in total. The van der Waals surface area contributed by atoms with E-state index in [2.05, 4.69) is 9.97 Å². The first-order valence-corrected chi connectivity index (χ1v) is 7.74. The van der Waals surface area contributed by atoms with E-state index in [4.69, 9.17) is 22.1 Å². The number of pyridine rings is 1. The Kier molecular flexibility index (Phi) is 4.39. The molecule has 0 unspecified atom stereocenters. The molecular weight excluding hydrogens is 362 g/mol. The van der Waals surface area contributed by atoms with Gasteiger partial charge in [0, 0.05) is 24.0 Å². The summed E-state index contributed by atoms with van der Waals surface area (Å²) in [5.41, 5.74) is 6.74. The summed E-state index contributed by atoms with van der Waals surface area (Å²) >= 11 is 6.13. The van der Waals surface area contributed by atoms with Crippen LogP contribution in [0.15, 0.2) is 30.6 Å². The van der Waals surface area contributed by atoms with E-state index in [9.17, 15) is 15.3 Å². The van der Waals surface area contributed by atoms with E-state index in [1.165, 1.54) is 13.2 Å². The van der Waals surface area contributed by atoms with Gasteiger partial charge in [0.25, 0.3) is 5.69 Å². The van der Waals surface area contributed by atoms with Gasteiger partial charge in [-0.2, -0.15) is 4.73 Å². The fourth-order valence-electron chi connectivity index (χ4n) is 2.68. The van der Waals surface area contributed by atoms with Crippen molar-refractivity contribution in [3.63, 3.8) is 0 Å². The van der Waals surface area contributed by atoms with Crippen molar-refractivity contribution in [1.29, 1.82) is 0 Å². The zero-order valence-electron chi connectivity index (χ0n) is 13.8. The van der Waals surface area contributed by atoms with E-state index in [0.29, 0.717) is 17.0 Å². The number of hydrogen-bond donors (Lipinski definition) is 2. The van der Waals surface area contributed by atoms with Gasteiger partial charge < -0.3 is 15.7 Å². The van der Waals surface area contributed by atoms with E-state index in [0.717, 1.165) is 4.73 Å². The molecule has 0 saturated heterocycles. The minimum Gasteiger partial charge on any atom is -0.494 e. The van der Waals surface area contributed by atoms with Crippen molar-refractivity contribution in [2.75, 3.05) is 12.8 Å². The predicted molar refractivity (Wildman–Crippen MR) is 95.4 cm³/mol. The Hall–Kier alpha value is -3.33. The lowest BCUT2D eigenvalue weighted by Gasteiger charge is -2.12. The summed E-state index contributed by atoms with van der Waals surface area (Å²) in [4.78, 5) is 18.9. The normalized spacial score (nSPS) is 10.7. The van der Waals surface area contributed by atoms with Crippen LogP contribution >= 0.6 is 11.6 Å². The molecule has 26 heavy (non-hydrogen) atoms. The number of nitro benzene ring substituents is 1. The number of rotatable bonds is 4. The number of methoxy groups -OCH3 is 1. The van der Waals surface area contributed by atoms with Crippen molar-refractivity contribution in [3.8, 4) is 28.4 Å². The third kappa shape index (κ3) is 2.68. The molecule has 0 bridgehead atoms. The molecule has 3 aromatic rings. The summed E-state index contributed by atoms with van der Waals surface area (Å²) in [7, 11) is 1.34. The highest BCUT2D eigenvalue weighted by Crippen LogP contribution is 2.45. The highest BCUT2D eigenvalue weighted by Gasteiger charge is 2.27. The van der Waals surface area contributed by atoms with Crippen LogP contribution in [-0.2, 0) is 0 Å². The molecule has 0 spiro atoms. The SMILES string of the molecule is COc1c(-c2nc(C)c(-c3cccnc3)n2O)cc([N+](=O)[O-])c(N)c1Cl. The molecule has 0 fully saturated rings. The van der Waals surface area contributed by atoms with Crippen LogP contribution in [0.4, 0.5) is 11.4 Å². The average molecular weight is 376 g/mol. The van der Waals surface area contributed by atoms with Crippen molar-refractivity contribution >= 4 is 23.0 Å². The van der Waals surface area contributed by atoms with Crippen LogP contribution < -0.4 is 10.5 Å². The average Bonchev–Trinajstić information content (AvgIpc) is 2.91. The third-order valence-electron chi connectivity index (χ3n) is 3.84. The first kappa shape index (κ1) is 17.5. The zero-order valence-corrected chi connectivity index (χ0v) is 14.6. The number of aryl methyl sites for hydroxylation is 1. The van der Waals surface area contributed by atoms with Crippen LogP contribution in [0, 0.1) is 17.0 Å². The van der Waals surface area contributed by atoms with Gasteiger partial charge in [-0.05, 0) is 19.1 Å². The Morgan fingerprint density at radius 1 is 1.46 bits per heavy atom. The fourth-order valence-corrected chi connectivity index (χ4v) is 2.95. The van der Waals surface area contributed by atoms with Gasteiger partial charge in [0.1, 0.15) is 16.4 Å². The maximum atomic E-state index is 11.3. The number of anilines is 1. The molecule has 0 atom stereocenters. The van der Waals surface area contributed by atoms with Crippen LogP contribution in [0.1, 0.15) is 5.69 Å². The fraction of sp³-hybridized carbons (Fsp3) is 0.125. The maximum Gasteiger partial charge on any atom is 0.294 e. The number of aromatic nitrogens is 3. The molecule has 9 nitrogen and oxygen atoms in total. The Morgan fingerprint density at radius 2 is 2.19 bits per heavy atom. The summed E-state index contributed by atoms with van der Waals surface area (Å²) in [6.07, 6.45) is 3.17. The molecule has 0 aliphatic rings. The summed E-state index contributed by atoms with van der Waals surface area (Å²) in [5, 5.41) is 21.8. The lowest BCUT2D eigenvalue weighted by atomic mass is 10.1. The standard InChI is InChI=1S/C16H14ClN5O4/c1-8-14(9-4-3-5-19-7-9)21(23)16(20-8)10-6-11(22(24)25)13(18)12(17)15(10)26-2/h3-7,23H,18H2,1-2H3. The van der Waals surface area contributed by atoms with Crippen LogP contribution in [0.3, 0.4) is 0 Å². The number of imidazole rings is 1. The van der Waals surface area contributed by atoms with E-state index in [1.54, 1.807) is 31.5 Å². The summed E-state index contributed by atoms with van der Waals surface area (Å²) < 4.78 is 6.06. The number of nitrogens with two attached hydrogens (primary N) is 1. The molecule has 0 aliphatic heterocycles. The molecule has 0 aliphatic carbocycles. The van der Waals surface area contributed by atoms with E-state index in [1.807, 2.05) is 0 Å². The van der Waals surface area contributed by atoms with E-state index >= 15 is 0 Å². The van der Waals surface area contributed by atoms with Crippen molar-refractivity contribution < 1.29 is 14.9 Å². The first-order chi connectivity index (χ1) is 12.4. The highest BCUT2D eigenvalue weighted by atomic mass is 35.5. The molecule has 1 aromatic carbocycles. The van der Waals surface area contributed by atoms with Gasteiger partial charge in [-0.15, -0.1) is 0 Å². The Labute approximate surface area is 152 Å². The highest BCUT2D eigenvalue weighted by molar-refractivity contribution is 6.35. The first-order valence-electron chi connectivity index (χ1n) is 7.36. The van der Waals surface area contributed by atoms with Crippen LogP contribution in [0.2, 0.25) is 5.02 Å². The molecular formula is C16H14ClN5O4. The quantitative estimate of drug-likeness (QED) is 0.309. The van der Waals surface area contributed by atoms with Crippen molar-refractivity contribution in [2.24, 2.45) is 0 Å². The predicted octanol–water partition coefficient (Wildman–Crippen LogP) is 3.31. The van der Waals surface area contributed by atoms with Gasteiger partial charge in [0.05, 0.1) is 23.3 Å². The minimum absolute atomic E-state index is 0.0307. The van der Waals surface area contributed by atoms with Gasteiger partial charge in [0.2, 0.25) is 0 Å². The molecule has 134 valence electrons. The van der Waals surface area contributed by atoms with Gasteiger partial charge >= 0.3 is 0 Å². The molecule has 2 heterocycles. The number of nitrogen functional groups attached to an aromatic ring is 1. The summed E-state index contributed by atoms with van der Waals surface area (Å²) in [6, 6.07) is 4.64. The molecule has 2 aromatic heterocycles. The van der Waals surface area contributed by atoms with Crippen LogP contribution in [0.5, 0.6) is 5.75 Å². The summed E-state index contributed by atoms with van der Waals surface area (Å²) in [6.45, 7) is 1.69. The topological polar surface area (TPSA) is 129 Å². The van der Waals surface area contributed by atoms with Gasteiger partial charge in [0.15, 0.2) is 11.6 Å². The lowest BCUT2D eigenvalue weighted by Crippen LogP contribution is -2.03. The number of ether oxygens (including phenoxy) is 1. The molecule has 0 amide bonds. The number of hydrogen-bond acceptors (Lipinski definition) is 7. The Bertz CT molecular complexity index is 1000. The second-order valence-electron chi connectivity index (χ2n) is 5.38. The van der Waals surface area contributed by atoms with Gasteiger partial charge in [-0.1, -0.05) is 11.6 Å². The second kappa shape index (κ2) is 6.52. The maximum absolute atomic E-state index is 11.3. The van der Waals surface area contributed by atoms with Crippen LogP contribution in [-0.4, -0.2) is 31.9 Å². The number of benzene rings is 1. The van der Waals surface area contributed by atoms with Crippen LogP contribution in [0.25, 0.3) is 22.6 Å². The molecule has 3 rings (SSSR count). The van der Waals surface area contributed by atoms with Crippen molar-refractivity contribution in [3.05, 3.63) is 51.4 Å². The Balaban J connectivity index is 2.30. The molecule has 10 heteroatoms. The number of nitro groups is 1. The van der Waals surface area contributed by atoms with Crippen molar-refractivity contribution in [2.45, 2.75) is 6.92 Å². The van der Waals surface area contributed by atoms with Gasteiger partial charge in [-0.25, -0.2) is 4.98 Å². The Morgan fingerprint density at radius 3 is 2.77 bits per heavy atom. The summed E-state index contributed by atoms with van der Waals surface area (Å²) in [5.74, 6) is 0.107. The van der Waals surface area contributed by atoms with E-state index in [-0.39, 0.29) is 27.8 Å². The van der Waals surface area contributed by atoms with E-state index < -0.39 is 10.6 Å². The second-order valence-corrected chi connectivity index (χ2v) is 5.76. The molecule has 0 saturated carbocycles. The molecule has 0 radical (unpaired) electrons. The monoisotopic (exact) mass is 375 g/mol. The zero-order chi connectivity index (χ0) is 19.0. The number of nitrogens with zero attached hydrogens (tertiary/aromatic N) is 4. The van der Waals surface area contributed by atoms with Crippen molar-refractivity contribution in [1.82, 2.24) is 14.7 Å². The lowest BCUT2D eigenvalue weighted by molar-refractivity contribution is -0.383. The van der Waals surface area contributed by atoms with Gasteiger partial charge in [-0.3, -0.25) is 15.1 Å². The smallest absolute Gasteiger partial charge is 0.294 e. The number of halogens is 1. The largest absolute Gasteiger partial charge is 0.494 e. The minimum atomic E-state index is -0.663.